The third-order valence-electron chi connectivity index (χ3n) is 3.01. The van der Waals surface area contributed by atoms with Crippen molar-refractivity contribution >= 4 is 17.4 Å². The van der Waals surface area contributed by atoms with Gasteiger partial charge in [0.2, 0.25) is 5.88 Å². The second kappa shape index (κ2) is 5.92. The zero-order chi connectivity index (χ0) is 14.7. The van der Waals surface area contributed by atoms with Crippen LogP contribution in [0.3, 0.4) is 0 Å². The molecule has 0 spiro atoms. The first-order valence-electron chi connectivity index (χ1n) is 6.29. The van der Waals surface area contributed by atoms with Crippen LogP contribution in [-0.4, -0.2) is 10.8 Å². The van der Waals surface area contributed by atoms with E-state index >= 15 is 0 Å². The fourth-order valence-electron chi connectivity index (χ4n) is 1.94. The molecule has 0 aliphatic heterocycles. The average molecular weight is 290 g/mol. The minimum Gasteiger partial charge on any atom is -0.438 e. The maximum atomic E-state index is 7.63. The van der Waals surface area contributed by atoms with Crippen molar-refractivity contribution < 1.29 is 4.74 Å². The molecule has 0 bridgehead atoms. The lowest BCUT2D eigenvalue weighted by atomic mass is 10.1. The number of hydrogen-bond acceptors (Lipinski definition) is 3. The van der Waals surface area contributed by atoms with Crippen LogP contribution in [0, 0.1) is 12.3 Å². The van der Waals surface area contributed by atoms with Crippen molar-refractivity contribution in [1.82, 2.24) is 4.98 Å². The molecule has 0 fully saturated rings. The lowest BCUT2D eigenvalue weighted by Gasteiger charge is -2.12. The molecule has 104 valence electrons. The molecular weight excluding hydrogens is 274 g/mol. The number of aromatic nitrogens is 1. The van der Waals surface area contributed by atoms with Crippen molar-refractivity contribution in [2.75, 3.05) is 0 Å². The Labute approximate surface area is 123 Å². The highest BCUT2D eigenvalue weighted by Gasteiger charge is 2.12. The Kier molecular flexibility index (Phi) is 4.25. The summed E-state index contributed by atoms with van der Waals surface area (Å²) in [6, 6.07) is 7.23. The van der Waals surface area contributed by atoms with E-state index in [0.29, 0.717) is 22.2 Å². The summed E-state index contributed by atoms with van der Waals surface area (Å²) in [5.74, 6) is 0.906. The van der Waals surface area contributed by atoms with Crippen LogP contribution in [-0.2, 0) is 6.42 Å². The van der Waals surface area contributed by atoms with Gasteiger partial charge in [-0.2, -0.15) is 0 Å². The molecule has 0 saturated heterocycles. The first-order valence-corrected chi connectivity index (χ1v) is 6.67. The Hall–Kier alpha value is -2.07. The number of nitrogens with two attached hydrogens (primary N) is 1. The Morgan fingerprint density at radius 1 is 1.40 bits per heavy atom. The molecular formula is C15H16ClN3O. The van der Waals surface area contributed by atoms with Crippen LogP contribution in [0.4, 0.5) is 0 Å². The highest BCUT2D eigenvalue weighted by Crippen LogP contribution is 2.28. The second-order valence-electron chi connectivity index (χ2n) is 4.43. The lowest BCUT2D eigenvalue weighted by Crippen LogP contribution is -2.14. The average Bonchev–Trinajstić information content (AvgIpc) is 2.40. The van der Waals surface area contributed by atoms with Gasteiger partial charge in [0.15, 0.2) is 0 Å². The molecule has 4 nitrogen and oxygen atoms in total. The first-order chi connectivity index (χ1) is 9.52. The molecule has 0 aliphatic carbocycles. The zero-order valence-electron chi connectivity index (χ0n) is 11.4. The number of pyridine rings is 1. The molecule has 1 heterocycles. The van der Waals surface area contributed by atoms with Gasteiger partial charge in [-0.25, -0.2) is 4.98 Å². The largest absolute Gasteiger partial charge is 0.438 e. The van der Waals surface area contributed by atoms with E-state index in [1.807, 2.05) is 19.9 Å². The second-order valence-corrected chi connectivity index (χ2v) is 4.84. The van der Waals surface area contributed by atoms with Crippen LogP contribution in [0.5, 0.6) is 11.6 Å². The minimum absolute atomic E-state index is 0.0599. The number of halogens is 1. The molecule has 3 N–H and O–H groups in total. The van der Waals surface area contributed by atoms with Crippen LogP contribution in [0.1, 0.15) is 23.6 Å². The van der Waals surface area contributed by atoms with Crippen LogP contribution < -0.4 is 10.5 Å². The first kappa shape index (κ1) is 14.3. The van der Waals surface area contributed by atoms with Gasteiger partial charge in [-0.3, -0.25) is 5.41 Å². The molecule has 0 radical (unpaired) electrons. The fraction of sp³-hybridized carbons (Fsp3) is 0.200. The molecule has 5 heteroatoms. The van der Waals surface area contributed by atoms with Crippen LogP contribution in [0.2, 0.25) is 5.02 Å². The van der Waals surface area contributed by atoms with Gasteiger partial charge >= 0.3 is 0 Å². The number of nitrogen functional groups attached to an aromatic ring is 1. The highest BCUT2D eigenvalue weighted by atomic mass is 35.5. The molecule has 0 unspecified atom stereocenters. The molecule has 1 aromatic carbocycles. The van der Waals surface area contributed by atoms with E-state index in [1.165, 1.54) is 0 Å². The summed E-state index contributed by atoms with van der Waals surface area (Å²) in [6.45, 7) is 3.89. The predicted molar refractivity (Wildman–Crippen MR) is 80.9 cm³/mol. The van der Waals surface area contributed by atoms with Gasteiger partial charge in [-0.15, -0.1) is 0 Å². The van der Waals surface area contributed by atoms with Crippen molar-refractivity contribution in [2.45, 2.75) is 20.3 Å². The lowest BCUT2D eigenvalue weighted by molar-refractivity contribution is 0.460. The normalized spacial score (nSPS) is 10.3. The number of amidine groups is 1. The van der Waals surface area contributed by atoms with E-state index in [4.69, 9.17) is 27.5 Å². The van der Waals surface area contributed by atoms with E-state index in [-0.39, 0.29) is 5.84 Å². The molecule has 2 rings (SSSR count). The summed E-state index contributed by atoms with van der Waals surface area (Å²) >= 11 is 6.08. The molecule has 0 saturated carbocycles. The Bertz CT molecular complexity index is 656. The van der Waals surface area contributed by atoms with Crippen molar-refractivity contribution in [2.24, 2.45) is 5.73 Å². The molecule has 1 aromatic heterocycles. The van der Waals surface area contributed by atoms with E-state index in [0.717, 1.165) is 17.5 Å². The third kappa shape index (κ3) is 2.91. The summed E-state index contributed by atoms with van der Waals surface area (Å²) < 4.78 is 5.76. The summed E-state index contributed by atoms with van der Waals surface area (Å²) in [7, 11) is 0. The maximum Gasteiger partial charge on any atom is 0.230 e. The maximum absolute atomic E-state index is 7.63. The number of ether oxygens (including phenoxy) is 1. The van der Waals surface area contributed by atoms with Gasteiger partial charge < -0.3 is 10.5 Å². The highest BCUT2D eigenvalue weighted by molar-refractivity contribution is 6.31. The smallest absolute Gasteiger partial charge is 0.230 e. The van der Waals surface area contributed by atoms with Crippen molar-refractivity contribution in [3.05, 3.63) is 52.2 Å². The summed E-state index contributed by atoms with van der Waals surface area (Å²) in [5.41, 5.74) is 7.96. The number of hydrogen-bond donors (Lipinski definition) is 2. The topological polar surface area (TPSA) is 72.0 Å². The quantitative estimate of drug-likeness (QED) is 0.666. The molecule has 20 heavy (non-hydrogen) atoms. The van der Waals surface area contributed by atoms with Crippen LogP contribution in [0.25, 0.3) is 0 Å². The Balaban J connectivity index is 2.40. The van der Waals surface area contributed by atoms with Crippen molar-refractivity contribution in [3.63, 3.8) is 0 Å². The van der Waals surface area contributed by atoms with Gasteiger partial charge in [0.25, 0.3) is 0 Å². The monoisotopic (exact) mass is 289 g/mol. The van der Waals surface area contributed by atoms with Gasteiger partial charge in [0.05, 0.1) is 5.56 Å². The molecule has 2 aromatic rings. The Morgan fingerprint density at radius 3 is 2.80 bits per heavy atom. The molecule has 0 atom stereocenters. The van der Waals surface area contributed by atoms with Gasteiger partial charge in [0.1, 0.15) is 11.6 Å². The Morgan fingerprint density at radius 2 is 2.15 bits per heavy atom. The van der Waals surface area contributed by atoms with E-state index in [2.05, 4.69) is 4.98 Å². The third-order valence-corrected chi connectivity index (χ3v) is 3.38. The fourth-order valence-corrected chi connectivity index (χ4v) is 2.19. The standard InChI is InChI=1S/C15H16ClN3O/c1-3-10-8-11(4-5-12(10)16)20-15-13(14(17)18)9(2)6-7-19-15/h4-8H,3H2,1-2H3,(H3,17,18). The summed E-state index contributed by atoms with van der Waals surface area (Å²) in [5, 5.41) is 8.34. The number of nitrogens with one attached hydrogen (secondary N) is 1. The van der Waals surface area contributed by atoms with Gasteiger partial charge in [-0.1, -0.05) is 18.5 Å². The molecule has 0 aliphatic rings. The number of rotatable bonds is 4. The zero-order valence-corrected chi connectivity index (χ0v) is 12.2. The number of benzene rings is 1. The van der Waals surface area contributed by atoms with Crippen molar-refractivity contribution in [1.29, 1.82) is 5.41 Å². The van der Waals surface area contributed by atoms with Gasteiger partial charge in [-0.05, 0) is 48.7 Å². The SMILES string of the molecule is CCc1cc(Oc2nccc(C)c2C(=N)N)ccc1Cl. The number of aryl methyl sites for hydroxylation is 2. The van der Waals surface area contributed by atoms with E-state index in [1.54, 1.807) is 24.4 Å². The molecule has 0 amide bonds. The van der Waals surface area contributed by atoms with E-state index in [9.17, 15) is 0 Å². The van der Waals surface area contributed by atoms with E-state index < -0.39 is 0 Å². The van der Waals surface area contributed by atoms with Crippen LogP contribution in [0.15, 0.2) is 30.5 Å². The summed E-state index contributed by atoms with van der Waals surface area (Å²) in [4.78, 5) is 4.16. The summed E-state index contributed by atoms with van der Waals surface area (Å²) in [6.07, 6.45) is 2.45. The van der Waals surface area contributed by atoms with Crippen molar-refractivity contribution in [3.8, 4) is 11.6 Å². The van der Waals surface area contributed by atoms with Crippen LogP contribution >= 0.6 is 11.6 Å². The minimum atomic E-state index is -0.0599. The van der Waals surface area contributed by atoms with Gasteiger partial charge in [0, 0.05) is 11.2 Å². The number of nitrogens with zero attached hydrogens (tertiary/aromatic N) is 1. The predicted octanol–water partition coefficient (Wildman–Crippen LogP) is 3.68.